The number of thiophene rings is 1. The number of piperazine rings is 1. The van der Waals surface area contributed by atoms with Crippen LogP contribution in [0.15, 0.2) is 66.0 Å². The molecule has 0 N–H and O–H groups in total. The van der Waals surface area contributed by atoms with Gasteiger partial charge >= 0.3 is 0 Å². The number of hydrogen-bond acceptors (Lipinski definition) is 4. The van der Waals surface area contributed by atoms with Gasteiger partial charge in [0.1, 0.15) is 0 Å². The lowest BCUT2D eigenvalue weighted by Gasteiger charge is -2.39. The third kappa shape index (κ3) is 4.45. The van der Waals surface area contributed by atoms with Gasteiger partial charge in [0.15, 0.2) is 0 Å². The smallest absolute Gasteiger partial charge is 0.253 e. The number of carbonyl (C=O) groups excluding carboxylic acids is 2. The van der Waals surface area contributed by atoms with Crippen molar-refractivity contribution in [3.05, 3.63) is 93.2 Å². The molecule has 2 amide bonds. The van der Waals surface area contributed by atoms with E-state index in [-0.39, 0.29) is 17.9 Å². The van der Waals surface area contributed by atoms with Crippen LogP contribution in [-0.4, -0.2) is 65.8 Å². The standard InChI is InChI=1S/C27H29N3O2S/c1-20-7-5-6-10-22(20)26-23-12-18-33-24(23)11-13-30(26)19-25(31)28-14-16-29(17-15-28)27(32)21-8-3-2-4-9-21/h2-10,12,18,26H,11,13-17,19H2,1H3. The van der Waals surface area contributed by atoms with E-state index in [2.05, 4.69) is 47.5 Å². The first-order chi connectivity index (χ1) is 16.1. The van der Waals surface area contributed by atoms with Crippen molar-refractivity contribution in [1.82, 2.24) is 14.7 Å². The van der Waals surface area contributed by atoms with Crippen LogP contribution >= 0.6 is 11.3 Å². The van der Waals surface area contributed by atoms with Crippen LogP contribution in [0, 0.1) is 6.92 Å². The van der Waals surface area contributed by atoms with Gasteiger partial charge in [-0.25, -0.2) is 0 Å². The Labute approximate surface area is 199 Å². The van der Waals surface area contributed by atoms with Gasteiger partial charge in [-0.1, -0.05) is 42.5 Å². The average Bonchev–Trinajstić information content (AvgIpc) is 3.34. The fourth-order valence-electron chi connectivity index (χ4n) is 4.99. The molecule has 5 rings (SSSR count). The second kappa shape index (κ2) is 9.49. The second-order valence-corrected chi connectivity index (χ2v) is 9.82. The predicted molar refractivity (Wildman–Crippen MR) is 132 cm³/mol. The van der Waals surface area contributed by atoms with Crippen LogP contribution in [0.1, 0.15) is 38.0 Å². The highest BCUT2D eigenvalue weighted by Crippen LogP contribution is 2.38. The molecule has 2 aliphatic rings. The largest absolute Gasteiger partial charge is 0.338 e. The zero-order valence-corrected chi connectivity index (χ0v) is 19.8. The summed E-state index contributed by atoms with van der Waals surface area (Å²) in [6.45, 7) is 5.77. The SMILES string of the molecule is Cc1ccccc1C1c2ccsc2CCN1CC(=O)N1CCN(C(=O)c2ccccc2)CC1. The Balaban J connectivity index is 1.27. The van der Waals surface area contributed by atoms with Crippen molar-refractivity contribution in [2.24, 2.45) is 0 Å². The minimum Gasteiger partial charge on any atom is -0.338 e. The molecule has 2 aromatic carbocycles. The molecular formula is C27H29N3O2S. The first-order valence-electron chi connectivity index (χ1n) is 11.6. The summed E-state index contributed by atoms with van der Waals surface area (Å²) >= 11 is 1.82. The lowest BCUT2D eigenvalue weighted by atomic mass is 9.90. The minimum atomic E-state index is 0.0448. The predicted octanol–water partition coefficient (Wildman–Crippen LogP) is 3.99. The lowest BCUT2D eigenvalue weighted by Crippen LogP contribution is -2.53. The molecule has 5 nitrogen and oxygen atoms in total. The molecule has 1 fully saturated rings. The Bertz CT molecular complexity index is 1140. The molecule has 33 heavy (non-hydrogen) atoms. The number of amides is 2. The third-order valence-corrected chi connectivity index (χ3v) is 7.82. The van der Waals surface area contributed by atoms with Crippen molar-refractivity contribution in [3.8, 4) is 0 Å². The topological polar surface area (TPSA) is 43.9 Å². The summed E-state index contributed by atoms with van der Waals surface area (Å²) in [4.78, 5) is 33.6. The molecule has 0 saturated carbocycles. The van der Waals surface area contributed by atoms with Crippen LogP contribution in [0.2, 0.25) is 0 Å². The normalized spacial score (nSPS) is 18.8. The zero-order chi connectivity index (χ0) is 22.8. The maximum Gasteiger partial charge on any atom is 0.253 e. The second-order valence-electron chi connectivity index (χ2n) is 8.82. The van der Waals surface area contributed by atoms with Gasteiger partial charge in [0.25, 0.3) is 5.91 Å². The minimum absolute atomic E-state index is 0.0448. The third-order valence-electron chi connectivity index (χ3n) is 6.83. The first kappa shape index (κ1) is 21.9. The van der Waals surface area contributed by atoms with E-state index in [1.807, 2.05) is 51.5 Å². The fraction of sp³-hybridized carbons (Fsp3) is 0.333. The summed E-state index contributed by atoms with van der Waals surface area (Å²) in [5.74, 6) is 0.197. The van der Waals surface area contributed by atoms with E-state index < -0.39 is 0 Å². The highest BCUT2D eigenvalue weighted by Gasteiger charge is 2.33. The molecule has 1 atom stereocenters. The highest BCUT2D eigenvalue weighted by molar-refractivity contribution is 7.10. The maximum atomic E-state index is 13.3. The van der Waals surface area contributed by atoms with Gasteiger partial charge in [0, 0.05) is 43.2 Å². The lowest BCUT2D eigenvalue weighted by molar-refractivity contribution is -0.134. The summed E-state index contributed by atoms with van der Waals surface area (Å²) in [5.41, 5.74) is 4.58. The van der Waals surface area contributed by atoms with Gasteiger partial charge in [-0.2, -0.15) is 0 Å². The van der Waals surface area contributed by atoms with Crippen LogP contribution < -0.4 is 0 Å². The molecule has 2 aliphatic heterocycles. The molecule has 0 radical (unpaired) electrons. The summed E-state index contributed by atoms with van der Waals surface area (Å²) in [7, 11) is 0. The summed E-state index contributed by atoms with van der Waals surface area (Å²) in [6, 6.07) is 20.2. The number of benzene rings is 2. The van der Waals surface area contributed by atoms with Crippen molar-refractivity contribution < 1.29 is 9.59 Å². The molecule has 1 saturated heterocycles. The van der Waals surface area contributed by atoms with Crippen LogP contribution in [0.5, 0.6) is 0 Å². The van der Waals surface area contributed by atoms with Crippen molar-refractivity contribution in [3.63, 3.8) is 0 Å². The molecule has 0 spiro atoms. The van der Waals surface area contributed by atoms with Gasteiger partial charge in [0.05, 0.1) is 12.6 Å². The Morgan fingerprint density at radius 2 is 1.55 bits per heavy atom. The van der Waals surface area contributed by atoms with E-state index >= 15 is 0 Å². The van der Waals surface area contributed by atoms with E-state index in [1.165, 1.54) is 21.6 Å². The number of carbonyl (C=O) groups is 2. The van der Waals surface area contributed by atoms with E-state index in [9.17, 15) is 9.59 Å². The van der Waals surface area contributed by atoms with Crippen LogP contribution in [0.25, 0.3) is 0 Å². The van der Waals surface area contributed by atoms with Gasteiger partial charge in [-0.15, -0.1) is 11.3 Å². The van der Waals surface area contributed by atoms with Gasteiger partial charge < -0.3 is 9.80 Å². The number of fused-ring (bicyclic) bond motifs is 1. The molecule has 6 heteroatoms. The van der Waals surface area contributed by atoms with Crippen LogP contribution in [-0.2, 0) is 11.2 Å². The van der Waals surface area contributed by atoms with Crippen molar-refractivity contribution in [2.45, 2.75) is 19.4 Å². The van der Waals surface area contributed by atoms with E-state index in [0.29, 0.717) is 38.3 Å². The van der Waals surface area contributed by atoms with Gasteiger partial charge in [0.2, 0.25) is 5.91 Å². The molecule has 0 aliphatic carbocycles. The molecule has 0 bridgehead atoms. The molecule has 3 heterocycles. The van der Waals surface area contributed by atoms with Crippen LogP contribution in [0.4, 0.5) is 0 Å². The van der Waals surface area contributed by atoms with Gasteiger partial charge in [-0.3, -0.25) is 14.5 Å². The van der Waals surface area contributed by atoms with E-state index in [1.54, 1.807) is 0 Å². The molecule has 170 valence electrons. The number of hydrogen-bond donors (Lipinski definition) is 0. The number of rotatable bonds is 4. The van der Waals surface area contributed by atoms with E-state index in [4.69, 9.17) is 0 Å². The quantitative estimate of drug-likeness (QED) is 0.593. The van der Waals surface area contributed by atoms with Crippen molar-refractivity contribution in [2.75, 3.05) is 39.3 Å². The average molecular weight is 460 g/mol. The molecule has 1 unspecified atom stereocenters. The Morgan fingerprint density at radius 3 is 2.30 bits per heavy atom. The number of nitrogens with zero attached hydrogens (tertiary/aromatic N) is 3. The Morgan fingerprint density at radius 1 is 0.848 bits per heavy atom. The monoisotopic (exact) mass is 459 g/mol. The van der Waals surface area contributed by atoms with Crippen molar-refractivity contribution >= 4 is 23.2 Å². The Kier molecular flexibility index (Phi) is 6.29. The van der Waals surface area contributed by atoms with E-state index in [0.717, 1.165) is 13.0 Å². The van der Waals surface area contributed by atoms with Gasteiger partial charge in [-0.05, 0) is 53.6 Å². The summed E-state index contributed by atoms with van der Waals surface area (Å²) in [5, 5.41) is 2.17. The first-order valence-corrected chi connectivity index (χ1v) is 12.5. The fourth-order valence-corrected chi connectivity index (χ4v) is 5.90. The number of aryl methyl sites for hydroxylation is 1. The molecular weight excluding hydrogens is 430 g/mol. The molecule has 1 aromatic heterocycles. The summed E-state index contributed by atoms with van der Waals surface area (Å²) in [6.07, 6.45) is 0.988. The zero-order valence-electron chi connectivity index (χ0n) is 18.9. The van der Waals surface area contributed by atoms with Crippen molar-refractivity contribution in [1.29, 1.82) is 0 Å². The van der Waals surface area contributed by atoms with Crippen LogP contribution in [0.3, 0.4) is 0 Å². The molecule has 3 aromatic rings. The Hall–Kier alpha value is -2.96. The maximum absolute atomic E-state index is 13.3. The summed E-state index contributed by atoms with van der Waals surface area (Å²) < 4.78 is 0. The highest BCUT2D eigenvalue weighted by atomic mass is 32.1.